The van der Waals surface area contributed by atoms with Crippen LogP contribution in [0.5, 0.6) is 0 Å². The first-order valence-electron chi connectivity index (χ1n) is 9.45. The summed E-state index contributed by atoms with van der Waals surface area (Å²) in [4.78, 5) is 16.3. The molecule has 0 saturated carbocycles. The molecule has 0 saturated heterocycles. The molecule has 2 aromatic carbocycles. The third-order valence-electron chi connectivity index (χ3n) is 4.52. The van der Waals surface area contributed by atoms with Crippen molar-refractivity contribution >= 4 is 5.91 Å². The van der Waals surface area contributed by atoms with Crippen LogP contribution in [-0.2, 0) is 17.6 Å². The average Bonchev–Trinajstić information content (AvgIpc) is 3.17. The van der Waals surface area contributed by atoms with Gasteiger partial charge in [0.25, 0.3) is 0 Å². The van der Waals surface area contributed by atoms with Crippen LogP contribution in [0.4, 0.5) is 4.39 Å². The van der Waals surface area contributed by atoms with Crippen LogP contribution in [-0.4, -0.2) is 22.6 Å². The lowest BCUT2D eigenvalue weighted by atomic mass is 10.0. The molecule has 0 radical (unpaired) electrons. The second kappa shape index (κ2) is 9.26. The number of carbonyl (C=O) groups is 1. The van der Waals surface area contributed by atoms with Gasteiger partial charge in [0, 0.05) is 24.9 Å². The van der Waals surface area contributed by atoms with Gasteiger partial charge in [-0.15, -0.1) is 0 Å². The summed E-state index contributed by atoms with van der Waals surface area (Å²) in [5.41, 5.74) is 3.12. The third kappa shape index (κ3) is 5.49. The van der Waals surface area contributed by atoms with Gasteiger partial charge in [0.15, 0.2) is 0 Å². The number of hydrogen-bond donors (Lipinski definition) is 1. The van der Waals surface area contributed by atoms with E-state index in [0.717, 1.165) is 11.1 Å². The molecular weight excluding hydrogens is 357 g/mol. The van der Waals surface area contributed by atoms with Crippen LogP contribution in [0.3, 0.4) is 0 Å². The monoisotopic (exact) mass is 381 g/mol. The van der Waals surface area contributed by atoms with Crippen molar-refractivity contribution in [1.82, 2.24) is 15.5 Å². The molecule has 0 bridgehead atoms. The van der Waals surface area contributed by atoms with E-state index in [1.807, 2.05) is 12.1 Å². The van der Waals surface area contributed by atoms with E-state index in [0.29, 0.717) is 37.0 Å². The number of nitrogens with one attached hydrogen (secondary N) is 1. The highest BCUT2D eigenvalue weighted by Crippen LogP contribution is 2.20. The van der Waals surface area contributed by atoms with Gasteiger partial charge >= 0.3 is 0 Å². The van der Waals surface area contributed by atoms with Crippen molar-refractivity contribution in [2.75, 3.05) is 6.54 Å². The second-order valence-corrected chi connectivity index (χ2v) is 7.01. The molecule has 3 aromatic rings. The number of halogens is 1. The highest BCUT2D eigenvalue weighted by molar-refractivity contribution is 5.76. The number of carbonyl (C=O) groups excluding carboxylic acids is 1. The molecule has 0 spiro atoms. The molecule has 6 heteroatoms. The van der Waals surface area contributed by atoms with Crippen LogP contribution in [0.2, 0.25) is 0 Å². The van der Waals surface area contributed by atoms with Crippen LogP contribution in [0.15, 0.2) is 53.1 Å². The van der Waals surface area contributed by atoms with Gasteiger partial charge < -0.3 is 9.84 Å². The number of nitrogens with zero attached hydrogens (tertiary/aromatic N) is 2. The highest BCUT2D eigenvalue weighted by Gasteiger charge is 2.11. The standard InChI is InChI=1S/C22H24FN3O2/c1-15(2)17-5-7-18(8-6-17)22-25-21(28-26-22)12-11-20(27)24-14-13-16-3-9-19(23)10-4-16/h3-10,15H,11-14H2,1-2H3,(H,24,27). The fourth-order valence-corrected chi connectivity index (χ4v) is 2.80. The summed E-state index contributed by atoms with van der Waals surface area (Å²) in [5.74, 6) is 1.10. The number of benzene rings is 2. The van der Waals surface area contributed by atoms with Crippen LogP contribution >= 0.6 is 0 Å². The molecule has 1 N–H and O–H groups in total. The normalized spacial score (nSPS) is 11.0. The summed E-state index contributed by atoms with van der Waals surface area (Å²) in [6, 6.07) is 14.3. The van der Waals surface area contributed by atoms with Crippen LogP contribution in [0, 0.1) is 5.82 Å². The predicted molar refractivity (Wildman–Crippen MR) is 105 cm³/mol. The van der Waals surface area contributed by atoms with E-state index < -0.39 is 0 Å². The minimum Gasteiger partial charge on any atom is -0.356 e. The molecule has 3 rings (SSSR count). The number of aromatic nitrogens is 2. The molecular formula is C22H24FN3O2. The van der Waals surface area contributed by atoms with Gasteiger partial charge in [0.2, 0.25) is 17.6 Å². The van der Waals surface area contributed by atoms with Crippen LogP contribution in [0.1, 0.15) is 43.2 Å². The van der Waals surface area contributed by atoms with Crippen molar-refractivity contribution in [3.8, 4) is 11.4 Å². The zero-order valence-electron chi connectivity index (χ0n) is 16.1. The zero-order valence-corrected chi connectivity index (χ0v) is 16.1. The second-order valence-electron chi connectivity index (χ2n) is 7.01. The van der Waals surface area contributed by atoms with Crippen molar-refractivity contribution < 1.29 is 13.7 Å². The van der Waals surface area contributed by atoms with E-state index in [1.54, 1.807) is 12.1 Å². The SMILES string of the molecule is CC(C)c1ccc(-c2noc(CCC(=O)NCCc3ccc(F)cc3)n2)cc1. The minimum absolute atomic E-state index is 0.0804. The van der Waals surface area contributed by atoms with Crippen molar-refractivity contribution in [2.24, 2.45) is 0 Å². The van der Waals surface area contributed by atoms with Gasteiger partial charge in [-0.1, -0.05) is 55.4 Å². The Kier molecular flexibility index (Phi) is 6.53. The summed E-state index contributed by atoms with van der Waals surface area (Å²) in [6.07, 6.45) is 1.32. The van der Waals surface area contributed by atoms with Crippen LogP contribution in [0.25, 0.3) is 11.4 Å². The molecule has 0 fully saturated rings. The lowest BCUT2D eigenvalue weighted by Gasteiger charge is -2.04. The maximum atomic E-state index is 12.9. The van der Waals surface area contributed by atoms with Crippen LogP contribution < -0.4 is 5.32 Å². The average molecular weight is 381 g/mol. The largest absolute Gasteiger partial charge is 0.356 e. The van der Waals surface area contributed by atoms with E-state index in [2.05, 4.69) is 41.4 Å². The van der Waals surface area contributed by atoms with Gasteiger partial charge in [0.05, 0.1) is 0 Å². The molecule has 28 heavy (non-hydrogen) atoms. The summed E-state index contributed by atoms with van der Waals surface area (Å²) in [6.45, 7) is 4.79. The molecule has 5 nitrogen and oxygen atoms in total. The van der Waals surface area contributed by atoms with E-state index >= 15 is 0 Å². The van der Waals surface area contributed by atoms with Gasteiger partial charge in [-0.25, -0.2) is 4.39 Å². The van der Waals surface area contributed by atoms with Gasteiger partial charge in [-0.3, -0.25) is 4.79 Å². The van der Waals surface area contributed by atoms with Crippen molar-refractivity contribution in [2.45, 2.75) is 39.0 Å². The quantitative estimate of drug-likeness (QED) is 0.632. The van der Waals surface area contributed by atoms with E-state index in [-0.39, 0.29) is 18.1 Å². The Balaban J connectivity index is 1.44. The predicted octanol–water partition coefficient (Wildman–Crippen LogP) is 4.29. The molecule has 0 atom stereocenters. The topological polar surface area (TPSA) is 68.0 Å². The summed E-state index contributed by atoms with van der Waals surface area (Å²) in [7, 11) is 0. The Bertz CT molecular complexity index is 902. The fraction of sp³-hybridized carbons (Fsp3) is 0.318. The number of aryl methyl sites for hydroxylation is 1. The fourth-order valence-electron chi connectivity index (χ4n) is 2.80. The highest BCUT2D eigenvalue weighted by atomic mass is 19.1. The van der Waals surface area contributed by atoms with Crippen molar-refractivity contribution in [3.05, 3.63) is 71.4 Å². The Morgan fingerprint density at radius 2 is 1.79 bits per heavy atom. The Morgan fingerprint density at radius 1 is 1.07 bits per heavy atom. The number of amides is 1. The van der Waals surface area contributed by atoms with Gasteiger partial charge in [-0.2, -0.15) is 4.98 Å². The molecule has 0 aliphatic rings. The molecule has 0 unspecified atom stereocenters. The molecule has 1 heterocycles. The minimum atomic E-state index is -0.262. The Labute approximate surface area is 164 Å². The molecule has 1 amide bonds. The first-order valence-corrected chi connectivity index (χ1v) is 9.45. The maximum Gasteiger partial charge on any atom is 0.227 e. The lowest BCUT2D eigenvalue weighted by Crippen LogP contribution is -2.25. The molecule has 1 aromatic heterocycles. The zero-order chi connectivity index (χ0) is 19.9. The lowest BCUT2D eigenvalue weighted by molar-refractivity contribution is -0.121. The Hall–Kier alpha value is -3.02. The summed E-state index contributed by atoms with van der Waals surface area (Å²) < 4.78 is 18.1. The van der Waals surface area contributed by atoms with Gasteiger partial charge in [-0.05, 0) is 35.6 Å². The number of rotatable bonds is 8. The third-order valence-corrected chi connectivity index (χ3v) is 4.52. The van der Waals surface area contributed by atoms with Crippen molar-refractivity contribution in [1.29, 1.82) is 0 Å². The van der Waals surface area contributed by atoms with E-state index in [9.17, 15) is 9.18 Å². The number of hydrogen-bond acceptors (Lipinski definition) is 4. The maximum absolute atomic E-state index is 12.9. The van der Waals surface area contributed by atoms with Crippen molar-refractivity contribution in [3.63, 3.8) is 0 Å². The van der Waals surface area contributed by atoms with E-state index in [4.69, 9.17) is 4.52 Å². The first-order chi connectivity index (χ1) is 13.5. The van der Waals surface area contributed by atoms with Gasteiger partial charge in [0.1, 0.15) is 5.82 Å². The molecule has 146 valence electrons. The first kappa shape index (κ1) is 19.7. The molecule has 0 aliphatic carbocycles. The smallest absolute Gasteiger partial charge is 0.227 e. The van der Waals surface area contributed by atoms with E-state index in [1.165, 1.54) is 17.7 Å². The molecule has 0 aliphatic heterocycles. The summed E-state index contributed by atoms with van der Waals surface area (Å²) >= 11 is 0. The summed E-state index contributed by atoms with van der Waals surface area (Å²) in [5, 5.41) is 6.85. The Morgan fingerprint density at radius 3 is 2.46 bits per heavy atom.